The van der Waals surface area contributed by atoms with E-state index in [1.165, 1.54) is 0 Å². The van der Waals surface area contributed by atoms with Crippen molar-refractivity contribution in [2.45, 2.75) is 31.5 Å². The molecule has 1 aliphatic carbocycles. The maximum atomic E-state index is 6.01. The van der Waals surface area contributed by atoms with Gasteiger partial charge in [-0.3, -0.25) is 0 Å². The zero-order chi connectivity index (χ0) is 12.9. The molecule has 0 amide bonds. The van der Waals surface area contributed by atoms with Crippen LogP contribution in [0.15, 0.2) is 28.8 Å². The van der Waals surface area contributed by atoms with Crippen LogP contribution in [0.4, 0.5) is 5.82 Å². The topological polar surface area (TPSA) is 70.5 Å². The summed E-state index contributed by atoms with van der Waals surface area (Å²) in [6, 6.07) is 7.46. The quantitative estimate of drug-likeness (QED) is 0.851. The second-order valence-electron chi connectivity index (χ2n) is 5.10. The first-order valence-corrected chi connectivity index (χ1v) is 6.49. The summed E-state index contributed by atoms with van der Waals surface area (Å²) in [7, 11) is 0. The molecule has 2 aliphatic rings. The number of hydrogen-bond donors (Lipinski definition) is 1. The molecule has 0 atom stereocenters. The first kappa shape index (κ1) is 10.7. The molecule has 1 spiro atoms. The average molecular weight is 258 g/mol. The Morgan fingerprint density at radius 1 is 1.05 bits per heavy atom. The Hall–Kier alpha value is -2.17. The molecule has 2 heterocycles. The Labute approximate surface area is 110 Å². The van der Waals surface area contributed by atoms with Crippen molar-refractivity contribution in [2.75, 3.05) is 5.73 Å². The summed E-state index contributed by atoms with van der Waals surface area (Å²) >= 11 is 0. The number of rotatable bonds is 1. The summed E-state index contributed by atoms with van der Waals surface area (Å²) in [5.74, 6) is 2.16. The van der Waals surface area contributed by atoms with Gasteiger partial charge in [-0.2, -0.15) is 0 Å². The Morgan fingerprint density at radius 3 is 2.58 bits per heavy atom. The van der Waals surface area contributed by atoms with Crippen molar-refractivity contribution in [3.05, 3.63) is 24.3 Å². The van der Waals surface area contributed by atoms with Crippen LogP contribution in [0.5, 0.6) is 11.5 Å². The monoisotopic (exact) mass is 258 g/mol. The number of benzene rings is 1. The lowest BCUT2D eigenvalue weighted by Crippen LogP contribution is -2.34. The van der Waals surface area contributed by atoms with Gasteiger partial charge in [0.05, 0.1) is 0 Å². The highest BCUT2D eigenvalue weighted by Gasteiger charge is 2.44. The first-order chi connectivity index (χ1) is 9.24. The smallest absolute Gasteiger partial charge is 0.251 e. The highest BCUT2D eigenvalue weighted by atomic mass is 16.7. The van der Waals surface area contributed by atoms with Crippen molar-refractivity contribution in [3.63, 3.8) is 0 Å². The van der Waals surface area contributed by atoms with Gasteiger partial charge in [-0.1, -0.05) is 5.16 Å². The van der Waals surface area contributed by atoms with Gasteiger partial charge in [0, 0.05) is 24.5 Å². The summed E-state index contributed by atoms with van der Waals surface area (Å²) < 4.78 is 17.1. The van der Waals surface area contributed by atoms with Crippen LogP contribution in [-0.2, 0) is 0 Å². The molecule has 1 aromatic heterocycles. The van der Waals surface area contributed by atoms with Gasteiger partial charge < -0.3 is 19.7 Å². The van der Waals surface area contributed by atoms with Crippen molar-refractivity contribution in [1.82, 2.24) is 5.16 Å². The molecule has 1 saturated carbocycles. The standard InChI is InChI=1S/C14H14N2O3/c15-13-8-11(19-16-13)9-3-4-10-12(7-9)18-14(17-10)5-1-2-6-14/h3-4,7-8H,1-2,5-6H2,(H2,15,16). The number of nitrogen functional groups attached to an aromatic ring is 1. The van der Waals surface area contributed by atoms with Crippen LogP contribution >= 0.6 is 0 Å². The molecule has 1 aromatic carbocycles. The molecule has 5 heteroatoms. The highest BCUT2D eigenvalue weighted by Crippen LogP contribution is 2.47. The van der Waals surface area contributed by atoms with E-state index >= 15 is 0 Å². The van der Waals surface area contributed by atoms with Crippen LogP contribution in [0, 0.1) is 0 Å². The van der Waals surface area contributed by atoms with Gasteiger partial charge in [0.1, 0.15) is 0 Å². The van der Waals surface area contributed by atoms with Crippen molar-refractivity contribution in [2.24, 2.45) is 0 Å². The molecule has 2 aromatic rings. The molecule has 5 nitrogen and oxygen atoms in total. The fourth-order valence-electron chi connectivity index (χ4n) is 2.79. The average Bonchev–Trinajstić information content (AvgIpc) is 3.09. The molecule has 0 unspecified atom stereocenters. The normalized spacial score (nSPS) is 19.2. The van der Waals surface area contributed by atoms with Gasteiger partial charge >= 0.3 is 0 Å². The molecule has 19 heavy (non-hydrogen) atoms. The lowest BCUT2D eigenvalue weighted by Gasteiger charge is -2.21. The third-order valence-electron chi connectivity index (χ3n) is 3.71. The molecular formula is C14H14N2O3. The summed E-state index contributed by atoms with van der Waals surface area (Å²) in [4.78, 5) is 0. The van der Waals surface area contributed by atoms with Gasteiger partial charge in [0.25, 0.3) is 5.79 Å². The third kappa shape index (κ3) is 1.65. The Kier molecular flexibility index (Phi) is 2.07. The summed E-state index contributed by atoms with van der Waals surface area (Å²) in [6.45, 7) is 0. The fourth-order valence-corrected chi connectivity index (χ4v) is 2.79. The molecule has 1 fully saturated rings. The van der Waals surface area contributed by atoms with Crippen molar-refractivity contribution < 1.29 is 14.0 Å². The van der Waals surface area contributed by atoms with Gasteiger partial charge in [-0.15, -0.1) is 0 Å². The number of hydrogen-bond acceptors (Lipinski definition) is 5. The molecule has 1 aliphatic heterocycles. The Balaban J connectivity index is 1.69. The second-order valence-corrected chi connectivity index (χ2v) is 5.10. The number of nitrogens with two attached hydrogens (primary N) is 1. The SMILES string of the molecule is Nc1cc(-c2ccc3c(c2)OC2(CCCC2)O3)on1. The summed E-state index contributed by atoms with van der Waals surface area (Å²) in [5.41, 5.74) is 6.45. The molecule has 4 rings (SSSR count). The largest absolute Gasteiger partial charge is 0.448 e. The Bertz CT molecular complexity index is 629. The zero-order valence-corrected chi connectivity index (χ0v) is 10.4. The van der Waals surface area contributed by atoms with Crippen molar-refractivity contribution >= 4 is 5.82 Å². The van der Waals surface area contributed by atoms with E-state index in [2.05, 4.69) is 5.16 Å². The lowest BCUT2D eigenvalue weighted by atomic mass is 10.1. The van der Waals surface area contributed by atoms with Crippen LogP contribution in [0.3, 0.4) is 0 Å². The molecule has 0 saturated heterocycles. The van der Waals surface area contributed by atoms with Gasteiger partial charge in [-0.25, -0.2) is 0 Å². The first-order valence-electron chi connectivity index (χ1n) is 6.49. The second kappa shape index (κ2) is 3.66. The fraction of sp³-hybridized carbons (Fsp3) is 0.357. The van der Waals surface area contributed by atoms with E-state index < -0.39 is 5.79 Å². The van der Waals surface area contributed by atoms with E-state index in [1.54, 1.807) is 6.07 Å². The van der Waals surface area contributed by atoms with E-state index in [0.29, 0.717) is 11.6 Å². The van der Waals surface area contributed by atoms with E-state index in [1.807, 2.05) is 18.2 Å². The van der Waals surface area contributed by atoms with Crippen molar-refractivity contribution in [3.8, 4) is 22.8 Å². The number of fused-ring (bicyclic) bond motifs is 1. The van der Waals surface area contributed by atoms with E-state index in [0.717, 1.165) is 42.7 Å². The lowest BCUT2D eigenvalue weighted by molar-refractivity contribution is -0.0716. The number of nitrogens with zero attached hydrogens (tertiary/aromatic N) is 1. The zero-order valence-electron chi connectivity index (χ0n) is 10.4. The maximum absolute atomic E-state index is 6.01. The van der Waals surface area contributed by atoms with Crippen LogP contribution in [0.25, 0.3) is 11.3 Å². The molecule has 98 valence electrons. The number of anilines is 1. The molecule has 0 radical (unpaired) electrons. The summed E-state index contributed by atoms with van der Waals surface area (Å²) in [5, 5.41) is 3.69. The van der Waals surface area contributed by atoms with E-state index in [4.69, 9.17) is 19.7 Å². The Morgan fingerprint density at radius 2 is 1.84 bits per heavy atom. The molecular weight excluding hydrogens is 244 g/mol. The maximum Gasteiger partial charge on any atom is 0.251 e. The number of ether oxygens (including phenoxy) is 2. The molecule has 0 bridgehead atoms. The van der Waals surface area contributed by atoms with E-state index in [9.17, 15) is 0 Å². The van der Waals surface area contributed by atoms with Crippen LogP contribution < -0.4 is 15.2 Å². The predicted octanol–water partition coefficient (Wildman–Crippen LogP) is 2.97. The predicted molar refractivity (Wildman–Crippen MR) is 68.8 cm³/mol. The molecule has 2 N–H and O–H groups in total. The highest BCUT2D eigenvalue weighted by molar-refractivity contribution is 5.65. The minimum absolute atomic E-state index is 0.375. The van der Waals surface area contributed by atoms with E-state index in [-0.39, 0.29) is 0 Å². The van der Waals surface area contributed by atoms with Crippen LogP contribution in [-0.4, -0.2) is 10.9 Å². The summed E-state index contributed by atoms with van der Waals surface area (Å²) in [6.07, 6.45) is 4.21. The van der Waals surface area contributed by atoms with Crippen LogP contribution in [0.2, 0.25) is 0 Å². The van der Waals surface area contributed by atoms with Gasteiger partial charge in [-0.05, 0) is 31.0 Å². The minimum Gasteiger partial charge on any atom is -0.448 e. The minimum atomic E-state index is -0.429. The third-order valence-corrected chi connectivity index (χ3v) is 3.71. The van der Waals surface area contributed by atoms with Gasteiger partial charge in [0.15, 0.2) is 23.1 Å². The number of aromatic nitrogens is 1. The van der Waals surface area contributed by atoms with Gasteiger partial charge in [0.2, 0.25) is 0 Å². The van der Waals surface area contributed by atoms with Crippen molar-refractivity contribution in [1.29, 1.82) is 0 Å². The van der Waals surface area contributed by atoms with Crippen LogP contribution in [0.1, 0.15) is 25.7 Å².